The summed E-state index contributed by atoms with van der Waals surface area (Å²) in [6.45, 7) is 1.45. The van der Waals surface area contributed by atoms with Gasteiger partial charge in [-0.05, 0) is 36.8 Å². The molecular formula is C14H18N4O3. The van der Waals surface area contributed by atoms with Crippen molar-refractivity contribution < 1.29 is 14.7 Å². The number of hydrogen-bond donors (Lipinski definition) is 2. The van der Waals surface area contributed by atoms with Crippen LogP contribution in [0.4, 0.5) is 4.79 Å². The Kier molecular flexibility index (Phi) is 3.48. The van der Waals surface area contributed by atoms with Gasteiger partial charge in [0, 0.05) is 25.2 Å². The summed E-state index contributed by atoms with van der Waals surface area (Å²) in [5.74, 6) is 0.0644. The van der Waals surface area contributed by atoms with E-state index in [4.69, 9.17) is 5.11 Å². The number of carboxylic acid groups (broad SMARTS) is 1. The third-order valence-electron chi connectivity index (χ3n) is 4.61. The zero-order valence-electron chi connectivity index (χ0n) is 11.7. The van der Waals surface area contributed by atoms with E-state index in [-0.39, 0.29) is 17.2 Å². The maximum Gasteiger partial charge on any atom is 0.407 e. The largest absolute Gasteiger partial charge is 0.465 e. The highest BCUT2D eigenvalue weighted by atomic mass is 16.4. The molecule has 1 aromatic heterocycles. The Bertz CT molecular complexity index is 540. The van der Waals surface area contributed by atoms with Crippen molar-refractivity contribution in [1.82, 2.24) is 20.4 Å². The molecule has 0 aromatic carbocycles. The van der Waals surface area contributed by atoms with Crippen molar-refractivity contribution in [1.29, 1.82) is 0 Å². The molecule has 2 amide bonds. The molecule has 7 heteroatoms. The SMILES string of the molecule is O=C(NCc1cccnn1)[C@H]1CC12CCN(C(=O)O)CC2. The molecule has 3 rings (SSSR count). The molecule has 21 heavy (non-hydrogen) atoms. The third kappa shape index (κ3) is 2.81. The zero-order chi connectivity index (χ0) is 14.9. The van der Waals surface area contributed by atoms with Gasteiger partial charge in [0.25, 0.3) is 0 Å². The van der Waals surface area contributed by atoms with Crippen molar-refractivity contribution in [2.24, 2.45) is 11.3 Å². The van der Waals surface area contributed by atoms with Crippen molar-refractivity contribution in [2.45, 2.75) is 25.8 Å². The summed E-state index contributed by atoms with van der Waals surface area (Å²) in [7, 11) is 0. The van der Waals surface area contributed by atoms with Crippen LogP contribution in [0.15, 0.2) is 18.3 Å². The van der Waals surface area contributed by atoms with E-state index in [2.05, 4.69) is 15.5 Å². The summed E-state index contributed by atoms with van der Waals surface area (Å²) in [5.41, 5.74) is 0.763. The number of hydrogen-bond acceptors (Lipinski definition) is 4. The Hall–Kier alpha value is -2.18. The standard InChI is InChI=1S/C14H18N4O3/c19-12(15-9-10-2-1-5-16-17-10)11-8-14(11)3-6-18(7-4-14)13(20)21/h1-2,5,11H,3-4,6-9H2,(H,15,19)(H,20,21)/t11-/m1/s1. The average molecular weight is 290 g/mol. The van der Waals surface area contributed by atoms with E-state index in [9.17, 15) is 9.59 Å². The number of carbonyl (C=O) groups excluding carboxylic acids is 1. The Morgan fingerprint density at radius 3 is 2.81 bits per heavy atom. The second kappa shape index (κ2) is 5.31. The highest BCUT2D eigenvalue weighted by molar-refractivity contribution is 5.82. The van der Waals surface area contributed by atoms with Crippen LogP contribution in [0.5, 0.6) is 0 Å². The zero-order valence-corrected chi connectivity index (χ0v) is 11.7. The first-order valence-electron chi connectivity index (χ1n) is 7.13. The number of nitrogens with zero attached hydrogens (tertiary/aromatic N) is 3. The van der Waals surface area contributed by atoms with E-state index in [1.54, 1.807) is 12.3 Å². The van der Waals surface area contributed by atoms with Crippen LogP contribution in [0.25, 0.3) is 0 Å². The highest BCUT2D eigenvalue weighted by Crippen LogP contribution is 2.59. The molecule has 1 aromatic rings. The minimum absolute atomic E-state index is 0.0186. The van der Waals surface area contributed by atoms with Crippen LogP contribution in [0.2, 0.25) is 0 Å². The molecule has 2 aliphatic rings. The second-order valence-corrected chi connectivity index (χ2v) is 5.82. The van der Waals surface area contributed by atoms with Gasteiger partial charge < -0.3 is 15.3 Å². The first kappa shape index (κ1) is 13.8. The molecule has 7 nitrogen and oxygen atoms in total. The Morgan fingerprint density at radius 1 is 1.43 bits per heavy atom. The lowest BCUT2D eigenvalue weighted by molar-refractivity contribution is -0.123. The van der Waals surface area contributed by atoms with Crippen LogP contribution in [-0.4, -0.2) is 45.3 Å². The van der Waals surface area contributed by atoms with Gasteiger partial charge in [-0.25, -0.2) is 4.79 Å². The fourth-order valence-electron chi connectivity index (χ4n) is 3.14. The van der Waals surface area contributed by atoms with Gasteiger partial charge in [-0.3, -0.25) is 4.79 Å². The van der Waals surface area contributed by atoms with Crippen molar-refractivity contribution in [3.05, 3.63) is 24.0 Å². The quantitative estimate of drug-likeness (QED) is 0.861. The van der Waals surface area contributed by atoms with E-state index in [0.29, 0.717) is 19.6 Å². The van der Waals surface area contributed by atoms with Crippen molar-refractivity contribution in [2.75, 3.05) is 13.1 Å². The summed E-state index contributed by atoms with van der Waals surface area (Å²) in [6.07, 6.45) is 3.16. The maximum absolute atomic E-state index is 12.2. The molecule has 2 N–H and O–H groups in total. The Morgan fingerprint density at radius 2 is 2.19 bits per heavy atom. The summed E-state index contributed by atoms with van der Waals surface area (Å²) in [5, 5.41) is 19.5. The van der Waals surface area contributed by atoms with Crippen LogP contribution >= 0.6 is 0 Å². The molecule has 112 valence electrons. The fourth-order valence-corrected chi connectivity index (χ4v) is 3.14. The smallest absolute Gasteiger partial charge is 0.407 e. The number of piperidine rings is 1. The molecule has 1 saturated carbocycles. The first-order chi connectivity index (χ1) is 10.1. The highest BCUT2D eigenvalue weighted by Gasteiger charge is 2.58. The number of amides is 2. The molecule has 1 aliphatic heterocycles. The van der Waals surface area contributed by atoms with Crippen molar-refractivity contribution >= 4 is 12.0 Å². The number of aromatic nitrogens is 2. The van der Waals surface area contributed by atoms with Gasteiger partial charge in [0.15, 0.2) is 0 Å². The number of rotatable bonds is 3. The minimum Gasteiger partial charge on any atom is -0.465 e. The average Bonchev–Trinajstić information content (AvgIpc) is 3.20. The van der Waals surface area contributed by atoms with Gasteiger partial charge in [0.05, 0.1) is 12.2 Å². The molecule has 0 unspecified atom stereocenters. The summed E-state index contributed by atoms with van der Waals surface area (Å²) in [6, 6.07) is 3.61. The van der Waals surface area contributed by atoms with Crippen molar-refractivity contribution in [3.63, 3.8) is 0 Å². The predicted molar refractivity (Wildman–Crippen MR) is 73.3 cm³/mol. The normalized spacial score (nSPS) is 22.9. The lowest BCUT2D eigenvalue weighted by Gasteiger charge is -2.30. The van der Waals surface area contributed by atoms with Gasteiger partial charge in [0.1, 0.15) is 0 Å². The van der Waals surface area contributed by atoms with Crippen LogP contribution in [0, 0.1) is 11.3 Å². The topological polar surface area (TPSA) is 95.4 Å². The molecule has 1 saturated heterocycles. The lowest BCUT2D eigenvalue weighted by Crippen LogP contribution is -2.39. The van der Waals surface area contributed by atoms with E-state index >= 15 is 0 Å². The summed E-state index contributed by atoms with van der Waals surface area (Å²) >= 11 is 0. The summed E-state index contributed by atoms with van der Waals surface area (Å²) < 4.78 is 0. The van der Waals surface area contributed by atoms with E-state index in [0.717, 1.165) is 25.0 Å². The molecule has 1 atom stereocenters. The predicted octanol–water partition coefficient (Wildman–Crippen LogP) is 0.873. The Labute approximate surface area is 122 Å². The number of likely N-dealkylation sites (tertiary alicyclic amines) is 1. The minimum atomic E-state index is -0.867. The van der Waals surface area contributed by atoms with E-state index in [1.807, 2.05) is 6.07 Å². The Balaban J connectivity index is 1.49. The summed E-state index contributed by atoms with van der Waals surface area (Å²) in [4.78, 5) is 24.5. The molecule has 1 spiro atoms. The maximum atomic E-state index is 12.2. The lowest BCUT2D eigenvalue weighted by atomic mass is 9.91. The van der Waals surface area contributed by atoms with Crippen molar-refractivity contribution in [3.8, 4) is 0 Å². The van der Waals surface area contributed by atoms with Gasteiger partial charge >= 0.3 is 6.09 Å². The van der Waals surface area contributed by atoms with Crippen LogP contribution < -0.4 is 5.32 Å². The van der Waals surface area contributed by atoms with Crippen LogP contribution in [-0.2, 0) is 11.3 Å². The van der Waals surface area contributed by atoms with E-state index in [1.165, 1.54) is 4.90 Å². The molecule has 2 heterocycles. The van der Waals surface area contributed by atoms with Gasteiger partial charge in [-0.2, -0.15) is 10.2 Å². The van der Waals surface area contributed by atoms with E-state index < -0.39 is 6.09 Å². The number of carbonyl (C=O) groups is 2. The van der Waals surface area contributed by atoms with Gasteiger partial charge in [-0.1, -0.05) is 0 Å². The van der Waals surface area contributed by atoms with Crippen LogP contribution in [0.3, 0.4) is 0 Å². The molecule has 2 fully saturated rings. The third-order valence-corrected chi connectivity index (χ3v) is 4.61. The number of nitrogens with one attached hydrogen (secondary N) is 1. The second-order valence-electron chi connectivity index (χ2n) is 5.82. The molecule has 0 radical (unpaired) electrons. The monoisotopic (exact) mass is 290 g/mol. The van der Waals surface area contributed by atoms with Gasteiger partial charge in [0.2, 0.25) is 5.91 Å². The van der Waals surface area contributed by atoms with Crippen LogP contribution in [0.1, 0.15) is 25.0 Å². The first-order valence-corrected chi connectivity index (χ1v) is 7.13. The molecule has 1 aliphatic carbocycles. The molecule has 0 bridgehead atoms. The van der Waals surface area contributed by atoms with Gasteiger partial charge in [-0.15, -0.1) is 0 Å². The fraction of sp³-hybridized carbons (Fsp3) is 0.571. The molecular weight excluding hydrogens is 272 g/mol.